The number of nitrogens with two attached hydrogens (primary N) is 1. The maximum absolute atomic E-state index is 11.2. The van der Waals surface area contributed by atoms with Crippen LogP contribution in [-0.2, 0) is 20.2 Å². The molecule has 15 heteroatoms. The van der Waals surface area contributed by atoms with Crippen LogP contribution in [0.2, 0.25) is 0 Å². The van der Waals surface area contributed by atoms with Crippen molar-refractivity contribution < 1.29 is 44.1 Å². The average molecular weight is 532 g/mol. The summed E-state index contributed by atoms with van der Waals surface area (Å²) in [6.45, 7) is 6.89. The van der Waals surface area contributed by atoms with Gasteiger partial charge < -0.3 is 33.0 Å². The van der Waals surface area contributed by atoms with Crippen molar-refractivity contribution in [2.45, 2.75) is 0 Å². The molecule has 3 N–H and O–H groups in total. The lowest BCUT2D eigenvalue weighted by Crippen LogP contribution is -2.13. The van der Waals surface area contributed by atoms with Gasteiger partial charge in [-0.05, 0) is 24.3 Å². The predicted molar refractivity (Wildman–Crippen MR) is 127 cm³/mol. The standard InChI is InChI=1S/C10H14N2O5S.C10H11NO5S/c1-15-7-4-6(10(11)12)5-8(16-2)9(7)17-18(3,13)14;1-11-7-5-8(14-2)10(9(6-7)15-3)16-17(4,12)13/h4-5H,1-3H3,(H3,11,12);5-6H,2-4H3. The molecule has 0 fully saturated rings. The summed E-state index contributed by atoms with van der Waals surface area (Å²) >= 11 is 0. The summed E-state index contributed by atoms with van der Waals surface area (Å²) in [5, 5.41) is 7.34. The maximum Gasteiger partial charge on any atom is 0.306 e. The normalized spacial score (nSPS) is 10.7. The molecule has 0 aliphatic rings. The Morgan fingerprint density at radius 2 is 1.09 bits per heavy atom. The second-order valence-corrected chi connectivity index (χ2v) is 9.64. The van der Waals surface area contributed by atoms with E-state index >= 15 is 0 Å². The van der Waals surface area contributed by atoms with Crippen LogP contribution in [0.15, 0.2) is 24.3 Å². The molecular weight excluding hydrogens is 506 g/mol. The Labute approximate surface area is 203 Å². The molecule has 0 aromatic heterocycles. The molecule has 2 aromatic carbocycles. The van der Waals surface area contributed by atoms with Crippen LogP contribution in [0.5, 0.6) is 34.5 Å². The number of nitrogens with one attached hydrogen (secondary N) is 1. The lowest BCUT2D eigenvalue weighted by atomic mass is 10.1. The number of benzene rings is 2. The summed E-state index contributed by atoms with van der Waals surface area (Å²) in [6, 6.07) is 5.53. The molecule has 0 aliphatic heterocycles. The highest BCUT2D eigenvalue weighted by Crippen LogP contribution is 2.42. The van der Waals surface area contributed by atoms with E-state index < -0.39 is 20.2 Å². The highest BCUT2D eigenvalue weighted by Gasteiger charge is 2.20. The third-order valence-electron chi connectivity index (χ3n) is 3.82. The van der Waals surface area contributed by atoms with E-state index in [2.05, 4.69) is 4.85 Å². The fourth-order valence-electron chi connectivity index (χ4n) is 2.43. The highest BCUT2D eigenvalue weighted by atomic mass is 32.2. The Morgan fingerprint density at radius 1 is 0.771 bits per heavy atom. The molecule has 0 saturated carbocycles. The number of methoxy groups -OCH3 is 4. The summed E-state index contributed by atoms with van der Waals surface area (Å²) in [5.41, 5.74) is 5.95. The van der Waals surface area contributed by atoms with Crippen molar-refractivity contribution in [1.29, 1.82) is 5.41 Å². The quantitative estimate of drug-likeness (QED) is 0.209. The molecular formula is C20H25N3O10S2. The zero-order valence-corrected chi connectivity index (χ0v) is 21.4. The molecule has 192 valence electrons. The van der Waals surface area contributed by atoms with E-state index in [0.717, 1.165) is 12.5 Å². The first-order chi connectivity index (χ1) is 16.2. The van der Waals surface area contributed by atoms with Gasteiger partial charge in [0, 0.05) is 5.56 Å². The van der Waals surface area contributed by atoms with Crippen LogP contribution in [0, 0.1) is 12.0 Å². The van der Waals surface area contributed by atoms with Crippen LogP contribution in [0.3, 0.4) is 0 Å². The number of hydrogen-bond donors (Lipinski definition) is 2. The zero-order valence-electron chi connectivity index (χ0n) is 19.7. The number of amidine groups is 1. The Morgan fingerprint density at radius 3 is 1.31 bits per heavy atom. The van der Waals surface area contributed by atoms with Gasteiger partial charge in [0.1, 0.15) is 5.84 Å². The van der Waals surface area contributed by atoms with Crippen molar-refractivity contribution in [3.05, 3.63) is 41.2 Å². The summed E-state index contributed by atoms with van der Waals surface area (Å²) in [6.07, 6.45) is 1.82. The molecule has 0 bridgehead atoms. The molecule has 0 spiro atoms. The first-order valence-electron chi connectivity index (χ1n) is 9.22. The van der Waals surface area contributed by atoms with E-state index in [9.17, 15) is 16.8 Å². The monoisotopic (exact) mass is 531 g/mol. The summed E-state index contributed by atoms with van der Waals surface area (Å²) in [4.78, 5) is 3.21. The van der Waals surface area contributed by atoms with Gasteiger partial charge in [0.05, 0.1) is 47.5 Å². The maximum atomic E-state index is 11.2. The molecule has 0 atom stereocenters. The second-order valence-electron chi connectivity index (χ2n) is 6.49. The van der Waals surface area contributed by atoms with Crippen molar-refractivity contribution in [3.63, 3.8) is 0 Å². The van der Waals surface area contributed by atoms with Crippen LogP contribution < -0.4 is 33.0 Å². The third kappa shape index (κ3) is 8.76. The van der Waals surface area contributed by atoms with Crippen molar-refractivity contribution in [3.8, 4) is 34.5 Å². The Balaban J connectivity index is 0.000000351. The van der Waals surface area contributed by atoms with Crippen molar-refractivity contribution in [2.24, 2.45) is 5.73 Å². The van der Waals surface area contributed by atoms with Crippen molar-refractivity contribution in [1.82, 2.24) is 0 Å². The minimum atomic E-state index is -3.72. The van der Waals surface area contributed by atoms with Crippen molar-refractivity contribution in [2.75, 3.05) is 41.0 Å². The fraction of sp³-hybridized carbons (Fsp3) is 0.300. The number of ether oxygens (including phenoxy) is 4. The molecule has 0 amide bonds. The predicted octanol–water partition coefficient (Wildman–Crippen LogP) is 1.92. The number of nitrogen functional groups attached to an aromatic ring is 1. The van der Waals surface area contributed by atoms with Crippen LogP contribution in [0.4, 0.5) is 5.69 Å². The van der Waals surface area contributed by atoms with Gasteiger partial charge in [-0.15, -0.1) is 0 Å². The number of hydrogen-bond acceptors (Lipinski definition) is 11. The molecule has 0 heterocycles. The largest absolute Gasteiger partial charge is 0.494 e. The molecule has 0 unspecified atom stereocenters. The van der Waals surface area contributed by atoms with Crippen LogP contribution in [0.25, 0.3) is 4.85 Å². The van der Waals surface area contributed by atoms with Gasteiger partial charge in [0.2, 0.25) is 11.5 Å². The Bertz CT molecular complexity index is 1280. The van der Waals surface area contributed by atoms with E-state index in [0.29, 0.717) is 5.56 Å². The minimum Gasteiger partial charge on any atom is -0.494 e. The Kier molecular flexibility index (Phi) is 9.98. The third-order valence-corrected chi connectivity index (χ3v) is 4.75. The Hall–Kier alpha value is -3.90. The first kappa shape index (κ1) is 29.1. The lowest BCUT2D eigenvalue weighted by Gasteiger charge is -2.14. The molecule has 0 aliphatic carbocycles. The zero-order chi connectivity index (χ0) is 27.0. The van der Waals surface area contributed by atoms with Crippen LogP contribution in [0.1, 0.15) is 5.56 Å². The number of nitrogens with zero attached hydrogens (tertiary/aromatic N) is 1. The van der Waals surface area contributed by atoms with Gasteiger partial charge in [0.15, 0.2) is 28.7 Å². The van der Waals surface area contributed by atoms with E-state index in [-0.39, 0.29) is 46.0 Å². The molecule has 13 nitrogen and oxygen atoms in total. The molecule has 0 radical (unpaired) electrons. The van der Waals surface area contributed by atoms with Gasteiger partial charge >= 0.3 is 20.2 Å². The first-order valence-corrected chi connectivity index (χ1v) is 12.9. The number of rotatable bonds is 9. The highest BCUT2D eigenvalue weighted by molar-refractivity contribution is 7.86. The van der Waals surface area contributed by atoms with Gasteiger partial charge in [-0.25, -0.2) is 4.85 Å². The fourth-order valence-corrected chi connectivity index (χ4v) is 3.37. The van der Waals surface area contributed by atoms with Gasteiger partial charge in [0.25, 0.3) is 0 Å². The lowest BCUT2D eigenvalue weighted by molar-refractivity contribution is 0.361. The molecule has 2 rings (SSSR count). The smallest absolute Gasteiger partial charge is 0.306 e. The average Bonchev–Trinajstić information content (AvgIpc) is 2.77. The summed E-state index contributed by atoms with van der Waals surface area (Å²) in [5.74, 6) is 0.145. The molecule has 2 aromatic rings. The van der Waals surface area contributed by atoms with E-state index in [4.69, 9.17) is 45.0 Å². The van der Waals surface area contributed by atoms with Gasteiger partial charge in [-0.2, -0.15) is 16.8 Å². The molecule has 35 heavy (non-hydrogen) atoms. The topological polar surface area (TPSA) is 178 Å². The minimum absolute atomic E-state index is 0.0649. The summed E-state index contributed by atoms with van der Waals surface area (Å²) < 4.78 is 74.0. The summed E-state index contributed by atoms with van der Waals surface area (Å²) in [7, 11) is -2.05. The SMILES string of the molecule is COc1cc(C(=N)N)cc(OC)c1OS(C)(=O)=O.[C-]#[N+]c1cc(OC)c(OS(C)(=O)=O)c(OC)c1. The van der Waals surface area contributed by atoms with Crippen LogP contribution in [-0.4, -0.2) is 63.6 Å². The van der Waals surface area contributed by atoms with E-state index in [1.165, 1.54) is 52.7 Å². The van der Waals surface area contributed by atoms with E-state index in [1.807, 2.05) is 0 Å². The van der Waals surface area contributed by atoms with E-state index in [1.54, 1.807) is 0 Å². The van der Waals surface area contributed by atoms with Gasteiger partial charge in [-0.1, -0.05) is 0 Å². The van der Waals surface area contributed by atoms with Crippen LogP contribution >= 0.6 is 0 Å². The van der Waals surface area contributed by atoms with Gasteiger partial charge in [-0.3, -0.25) is 5.41 Å². The van der Waals surface area contributed by atoms with Crippen molar-refractivity contribution >= 4 is 31.8 Å². The second kappa shape index (κ2) is 12.0. The molecule has 0 saturated heterocycles.